The van der Waals surface area contributed by atoms with Crippen LogP contribution in [-0.2, 0) is 9.59 Å². The molecule has 0 heterocycles. The van der Waals surface area contributed by atoms with E-state index in [4.69, 9.17) is 5.11 Å². The molecule has 5 N–H and O–H groups in total. The molecule has 6 heteroatoms. The Morgan fingerprint density at radius 3 is 2.05 bits per heavy atom. The van der Waals surface area contributed by atoms with Crippen LogP contribution in [-0.4, -0.2) is 35.3 Å². The fourth-order valence-electron chi connectivity index (χ4n) is 1.80. The van der Waals surface area contributed by atoms with Crippen LogP contribution in [0.3, 0.4) is 0 Å². The van der Waals surface area contributed by atoms with E-state index in [9.17, 15) is 9.59 Å². The van der Waals surface area contributed by atoms with E-state index in [0.29, 0.717) is 6.42 Å². The topological polar surface area (TPSA) is 94.0 Å². The van der Waals surface area contributed by atoms with E-state index in [-0.39, 0.29) is 11.7 Å². The normalized spacial score (nSPS) is 12.1. The number of thiol groups is 1. The van der Waals surface area contributed by atoms with E-state index in [1.165, 1.54) is 25.7 Å². The average molecular weight is 291 g/mol. The number of hydrogen-bond donors (Lipinski definition) is 4. The number of unbranched alkanes of at least 4 members (excludes halogenated alkanes) is 6. The molecule has 0 aliphatic heterocycles. The highest BCUT2D eigenvalue weighted by Crippen LogP contribution is 2.08. The Bertz CT molecular complexity index is 262. The standard InChI is InChI=1S/C13H26N2O3S/c14-9-7-5-3-1-2-4-6-8-12(16)15-11(10-19)13(17)18/h11,19H,1-10,14H2,(H,15,16)(H,17,18)/p+1. The van der Waals surface area contributed by atoms with E-state index >= 15 is 0 Å². The maximum absolute atomic E-state index is 11.5. The van der Waals surface area contributed by atoms with Crippen molar-refractivity contribution in [2.24, 2.45) is 0 Å². The highest BCUT2D eigenvalue weighted by atomic mass is 32.1. The molecule has 0 rings (SSSR count). The third-order valence-corrected chi connectivity index (χ3v) is 3.33. The molecule has 19 heavy (non-hydrogen) atoms. The zero-order valence-electron chi connectivity index (χ0n) is 11.6. The van der Waals surface area contributed by atoms with Crippen LogP contribution < -0.4 is 11.1 Å². The summed E-state index contributed by atoms with van der Waals surface area (Å²) in [6.07, 6.45) is 8.26. The van der Waals surface area contributed by atoms with E-state index in [1.54, 1.807) is 0 Å². The first-order valence-electron chi connectivity index (χ1n) is 7.04. The fraction of sp³-hybridized carbons (Fsp3) is 0.846. The van der Waals surface area contributed by atoms with Gasteiger partial charge in [0, 0.05) is 12.2 Å². The van der Waals surface area contributed by atoms with Gasteiger partial charge in [0.2, 0.25) is 5.91 Å². The molecule has 1 atom stereocenters. The van der Waals surface area contributed by atoms with Crippen molar-refractivity contribution in [3.63, 3.8) is 0 Å². The van der Waals surface area contributed by atoms with Gasteiger partial charge < -0.3 is 16.2 Å². The summed E-state index contributed by atoms with van der Waals surface area (Å²) >= 11 is 3.89. The zero-order chi connectivity index (χ0) is 14.5. The van der Waals surface area contributed by atoms with Crippen LogP contribution in [0.5, 0.6) is 0 Å². The lowest BCUT2D eigenvalue weighted by Crippen LogP contribution is -2.50. The van der Waals surface area contributed by atoms with Crippen molar-refractivity contribution < 1.29 is 20.4 Å². The van der Waals surface area contributed by atoms with Crippen molar-refractivity contribution in [2.45, 2.75) is 57.4 Å². The van der Waals surface area contributed by atoms with Crippen molar-refractivity contribution in [1.82, 2.24) is 5.32 Å². The summed E-state index contributed by atoms with van der Waals surface area (Å²) in [6.45, 7) is 1.01. The molecule has 0 aliphatic carbocycles. The number of rotatable bonds is 12. The number of carbonyl (C=O) groups excluding carboxylic acids is 1. The molecule has 0 bridgehead atoms. The summed E-state index contributed by atoms with van der Waals surface area (Å²) in [6, 6.07) is -0.876. The molecule has 0 spiro atoms. The molecular weight excluding hydrogens is 264 g/mol. The first-order chi connectivity index (χ1) is 9.11. The maximum atomic E-state index is 11.5. The third-order valence-electron chi connectivity index (χ3n) is 2.97. The largest absolute Gasteiger partial charge is 0.480 e. The highest BCUT2D eigenvalue weighted by molar-refractivity contribution is 7.80. The molecule has 5 nitrogen and oxygen atoms in total. The summed E-state index contributed by atoms with van der Waals surface area (Å²) in [7, 11) is 0. The number of carbonyl (C=O) groups is 2. The van der Waals surface area contributed by atoms with Gasteiger partial charge in [-0.15, -0.1) is 0 Å². The monoisotopic (exact) mass is 291 g/mol. The maximum Gasteiger partial charge on any atom is 0.327 e. The first-order valence-corrected chi connectivity index (χ1v) is 7.67. The SMILES string of the molecule is [NH3+]CCCCCCCCCC(=O)NC(CS)C(=O)O. The van der Waals surface area contributed by atoms with E-state index in [1.807, 2.05) is 0 Å². The molecule has 0 saturated heterocycles. The Kier molecular flexibility index (Phi) is 11.8. The Morgan fingerprint density at radius 1 is 1.05 bits per heavy atom. The molecule has 0 aromatic carbocycles. The minimum Gasteiger partial charge on any atom is -0.480 e. The van der Waals surface area contributed by atoms with Gasteiger partial charge in [-0.1, -0.05) is 25.7 Å². The Balaban J connectivity index is 3.45. The van der Waals surface area contributed by atoms with Gasteiger partial charge in [-0.3, -0.25) is 4.79 Å². The van der Waals surface area contributed by atoms with Gasteiger partial charge in [0.05, 0.1) is 6.54 Å². The number of carboxylic acid groups (broad SMARTS) is 1. The summed E-state index contributed by atoms with van der Waals surface area (Å²) in [4.78, 5) is 22.2. The Morgan fingerprint density at radius 2 is 1.58 bits per heavy atom. The fourth-order valence-corrected chi connectivity index (χ4v) is 2.05. The van der Waals surface area contributed by atoms with Crippen molar-refractivity contribution in [3.8, 4) is 0 Å². The highest BCUT2D eigenvalue weighted by Gasteiger charge is 2.17. The second-order valence-corrected chi connectivity index (χ2v) is 5.08. The second-order valence-electron chi connectivity index (χ2n) is 4.72. The first kappa shape index (κ1) is 18.2. The van der Waals surface area contributed by atoms with Gasteiger partial charge >= 0.3 is 5.97 Å². The molecule has 112 valence electrons. The van der Waals surface area contributed by atoms with Crippen molar-refractivity contribution >= 4 is 24.5 Å². The lowest BCUT2D eigenvalue weighted by Gasteiger charge is -2.11. The predicted molar refractivity (Wildman–Crippen MR) is 78.1 cm³/mol. The predicted octanol–water partition coefficient (Wildman–Crippen LogP) is 0.848. The molecule has 0 aromatic heterocycles. The minimum atomic E-state index is -1.03. The van der Waals surface area contributed by atoms with Crippen LogP contribution >= 0.6 is 12.6 Å². The molecule has 0 fully saturated rings. The number of carboxylic acids is 1. The average Bonchev–Trinajstić information content (AvgIpc) is 2.38. The Labute approximate surface area is 120 Å². The summed E-state index contributed by atoms with van der Waals surface area (Å²) in [5, 5.41) is 11.2. The quantitative estimate of drug-likeness (QED) is 0.317. The number of quaternary nitrogens is 1. The van der Waals surface area contributed by atoms with Gasteiger partial charge in [-0.25, -0.2) is 4.79 Å². The molecule has 0 radical (unpaired) electrons. The van der Waals surface area contributed by atoms with Gasteiger partial charge in [-0.2, -0.15) is 12.6 Å². The Hall–Kier alpha value is -0.750. The number of nitrogens with one attached hydrogen (secondary N) is 1. The molecule has 0 aromatic rings. The van der Waals surface area contributed by atoms with Crippen LogP contribution in [0, 0.1) is 0 Å². The van der Waals surface area contributed by atoms with Crippen LogP contribution in [0.15, 0.2) is 0 Å². The zero-order valence-corrected chi connectivity index (χ0v) is 12.5. The van der Waals surface area contributed by atoms with E-state index < -0.39 is 12.0 Å². The van der Waals surface area contributed by atoms with Crippen LogP contribution in [0.25, 0.3) is 0 Å². The van der Waals surface area contributed by atoms with Gasteiger partial charge in [0.1, 0.15) is 6.04 Å². The molecule has 1 unspecified atom stereocenters. The van der Waals surface area contributed by atoms with Crippen molar-refractivity contribution in [2.75, 3.05) is 12.3 Å². The number of amides is 1. The molecular formula is C13H27N2O3S+. The van der Waals surface area contributed by atoms with Gasteiger partial charge in [-0.05, 0) is 19.3 Å². The van der Waals surface area contributed by atoms with Crippen LogP contribution in [0.4, 0.5) is 0 Å². The van der Waals surface area contributed by atoms with Crippen molar-refractivity contribution in [3.05, 3.63) is 0 Å². The van der Waals surface area contributed by atoms with Gasteiger partial charge in [0.25, 0.3) is 0 Å². The second kappa shape index (κ2) is 12.3. The summed E-state index contributed by atoms with van der Waals surface area (Å²) in [5.41, 5.74) is 3.80. The van der Waals surface area contributed by atoms with Crippen LogP contribution in [0.1, 0.15) is 51.4 Å². The van der Waals surface area contributed by atoms with Gasteiger partial charge in [0.15, 0.2) is 0 Å². The molecule has 0 saturated carbocycles. The number of aliphatic carboxylic acids is 1. The summed E-state index contributed by atoms with van der Waals surface area (Å²) in [5.74, 6) is -1.11. The third kappa shape index (κ3) is 10.8. The number of hydrogen-bond acceptors (Lipinski definition) is 3. The summed E-state index contributed by atoms with van der Waals surface area (Å²) < 4.78 is 0. The molecule has 0 aliphatic rings. The minimum absolute atomic E-state index is 0.118. The molecule has 1 amide bonds. The lowest BCUT2D eigenvalue weighted by molar-refractivity contribution is -0.368. The smallest absolute Gasteiger partial charge is 0.327 e. The lowest BCUT2D eigenvalue weighted by atomic mass is 10.1. The van der Waals surface area contributed by atoms with E-state index in [2.05, 4.69) is 23.7 Å². The van der Waals surface area contributed by atoms with Crippen molar-refractivity contribution in [1.29, 1.82) is 0 Å². The van der Waals surface area contributed by atoms with Crippen LogP contribution in [0.2, 0.25) is 0 Å². The van der Waals surface area contributed by atoms with E-state index in [0.717, 1.165) is 25.8 Å².